The highest BCUT2D eigenvalue weighted by molar-refractivity contribution is 7.80. The quantitative estimate of drug-likeness (QED) is 0.862. The fraction of sp³-hybridized carbons (Fsp3) is 0.600. The van der Waals surface area contributed by atoms with Crippen LogP contribution < -0.4 is 10.5 Å². The van der Waals surface area contributed by atoms with Gasteiger partial charge < -0.3 is 10.5 Å². The van der Waals surface area contributed by atoms with Gasteiger partial charge in [-0.1, -0.05) is 25.6 Å². The molecule has 3 nitrogen and oxygen atoms in total. The summed E-state index contributed by atoms with van der Waals surface area (Å²) in [7, 11) is 0. The number of aromatic nitrogens is 1. The molecule has 4 heteroatoms. The van der Waals surface area contributed by atoms with Gasteiger partial charge in [-0.05, 0) is 50.7 Å². The molecule has 0 bridgehead atoms. The third-order valence-electron chi connectivity index (χ3n) is 3.72. The van der Waals surface area contributed by atoms with E-state index in [9.17, 15) is 0 Å². The molecule has 2 atom stereocenters. The van der Waals surface area contributed by atoms with E-state index in [0.717, 1.165) is 35.6 Å². The Morgan fingerprint density at radius 2 is 2.16 bits per heavy atom. The van der Waals surface area contributed by atoms with Crippen LogP contribution in [0.1, 0.15) is 49.4 Å². The molecule has 1 aromatic rings. The fourth-order valence-corrected chi connectivity index (χ4v) is 3.08. The zero-order valence-corrected chi connectivity index (χ0v) is 12.7. The van der Waals surface area contributed by atoms with Crippen LogP contribution in [0.25, 0.3) is 0 Å². The minimum Gasteiger partial charge on any atom is -0.474 e. The van der Waals surface area contributed by atoms with E-state index in [1.165, 1.54) is 12.8 Å². The first kappa shape index (κ1) is 14.3. The van der Waals surface area contributed by atoms with Gasteiger partial charge in [0.15, 0.2) is 0 Å². The van der Waals surface area contributed by atoms with Gasteiger partial charge in [0.05, 0.1) is 5.56 Å². The molecule has 1 aliphatic carbocycles. The summed E-state index contributed by atoms with van der Waals surface area (Å²) in [5.41, 5.74) is 8.58. The first-order valence-corrected chi connectivity index (χ1v) is 7.33. The Balaban J connectivity index is 2.25. The van der Waals surface area contributed by atoms with E-state index < -0.39 is 0 Å². The summed E-state index contributed by atoms with van der Waals surface area (Å²) in [5, 5.41) is 0. The Morgan fingerprint density at radius 3 is 2.79 bits per heavy atom. The van der Waals surface area contributed by atoms with Crippen molar-refractivity contribution in [2.75, 3.05) is 0 Å². The lowest BCUT2D eigenvalue weighted by Crippen LogP contribution is -2.26. The second kappa shape index (κ2) is 5.87. The highest BCUT2D eigenvalue weighted by Gasteiger charge is 2.23. The fourth-order valence-electron chi connectivity index (χ4n) is 2.83. The van der Waals surface area contributed by atoms with E-state index >= 15 is 0 Å². The summed E-state index contributed by atoms with van der Waals surface area (Å²) >= 11 is 5.13. The third kappa shape index (κ3) is 3.44. The molecule has 2 rings (SSSR count). The number of ether oxygens (including phenoxy) is 1. The van der Waals surface area contributed by atoms with Crippen molar-refractivity contribution in [2.45, 2.75) is 52.6 Å². The standard InChI is InChI=1S/C15H22N2OS/c1-9-5-4-6-12(7-9)18-15-13(14(16)19)10(2)8-11(3)17-15/h8-9,12H,4-7H2,1-3H3,(H2,16,19). The first-order chi connectivity index (χ1) is 8.97. The Labute approximate surface area is 120 Å². The van der Waals surface area contributed by atoms with Crippen LogP contribution in [0.15, 0.2) is 6.07 Å². The largest absolute Gasteiger partial charge is 0.474 e. The van der Waals surface area contributed by atoms with Crippen molar-refractivity contribution in [3.05, 3.63) is 22.9 Å². The van der Waals surface area contributed by atoms with Crippen LogP contribution in [0.2, 0.25) is 0 Å². The van der Waals surface area contributed by atoms with Crippen LogP contribution in [0, 0.1) is 19.8 Å². The Morgan fingerprint density at radius 1 is 1.42 bits per heavy atom. The monoisotopic (exact) mass is 278 g/mol. The molecule has 0 aliphatic heterocycles. The summed E-state index contributed by atoms with van der Waals surface area (Å²) in [6.07, 6.45) is 4.94. The molecule has 1 aromatic heterocycles. The molecule has 1 fully saturated rings. The van der Waals surface area contributed by atoms with Crippen LogP contribution in [-0.4, -0.2) is 16.1 Å². The maximum absolute atomic E-state index is 6.10. The van der Waals surface area contributed by atoms with Crippen LogP contribution >= 0.6 is 12.2 Å². The molecule has 0 aromatic carbocycles. The van der Waals surface area contributed by atoms with E-state index in [2.05, 4.69) is 11.9 Å². The third-order valence-corrected chi connectivity index (χ3v) is 3.93. The predicted octanol–water partition coefficient (Wildman–Crippen LogP) is 3.29. The second-order valence-electron chi connectivity index (χ2n) is 5.64. The number of hydrogen-bond acceptors (Lipinski definition) is 3. The maximum Gasteiger partial charge on any atom is 0.224 e. The second-order valence-corrected chi connectivity index (χ2v) is 6.08. The van der Waals surface area contributed by atoms with Gasteiger partial charge in [-0.25, -0.2) is 4.98 Å². The van der Waals surface area contributed by atoms with Gasteiger partial charge in [0.2, 0.25) is 5.88 Å². The zero-order chi connectivity index (χ0) is 14.0. The molecule has 0 amide bonds. The van der Waals surface area contributed by atoms with Crippen molar-refractivity contribution in [3.8, 4) is 5.88 Å². The summed E-state index contributed by atoms with van der Waals surface area (Å²) in [5.74, 6) is 1.34. The number of aryl methyl sites for hydroxylation is 2. The number of nitrogens with two attached hydrogens (primary N) is 1. The lowest BCUT2D eigenvalue weighted by atomic mass is 9.89. The molecular weight excluding hydrogens is 256 g/mol. The van der Waals surface area contributed by atoms with Gasteiger partial charge in [0, 0.05) is 5.69 Å². The normalized spacial score (nSPS) is 23.1. The molecule has 1 saturated carbocycles. The molecule has 104 valence electrons. The average molecular weight is 278 g/mol. The molecule has 19 heavy (non-hydrogen) atoms. The highest BCUT2D eigenvalue weighted by atomic mass is 32.1. The van der Waals surface area contributed by atoms with Crippen molar-refractivity contribution in [2.24, 2.45) is 11.7 Å². The minimum atomic E-state index is 0.241. The van der Waals surface area contributed by atoms with Gasteiger partial charge >= 0.3 is 0 Å². The topological polar surface area (TPSA) is 48.1 Å². The van der Waals surface area contributed by atoms with Gasteiger partial charge in [-0.15, -0.1) is 0 Å². The highest BCUT2D eigenvalue weighted by Crippen LogP contribution is 2.29. The Bertz CT molecular complexity index is 487. The minimum absolute atomic E-state index is 0.241. The zero-order valence-electron chi connectivity index (χ0n) is 11.9. The molecule has 0 spiro atoms. The molecular formula is C15H22N2OS. The average Bonchev–Trinajstić information content (AvgIpc) is 2.26. The van der Waals surface area contributed by atoms with Gasteiger partial charge in [-0.2, -0.15) is 0 Å². The van der Waals surface area contributed by atoms with E-state index in [1.807, 2.05) is 19.9 Å². The van der Waals surface area contributed by atoms with Crippen LogP contribution in [0.3, 0.4) is 0 Å². The smallest absolute Gasteiger partial charge is 0.224 e. The van der Waals surface area contributed by atoms with Crippen molar-refractivity contribution in [3.63, 3.8) is 0 Å². The number of pyridine rings is 1. The number of nitrogens with zero attached hydrogens (tertiary/aromatic N) is 1. The molecule has 0 saturated heterocycles. The summed E-state index contributed by atoms with van der Waals surface area (Å²) in [4.78, 5) is 4.85. The summed E-state index contributed by atoms with van der Waals surface area (Å²) < 4.78 is 6.10. The van der Waals surface area contributed by atoms with Crippen molar-refractivity contribution < 1.29 is 4.74 Å². The number of hydrogen-bond donors (Lipinski definition) is 1. The van der Waals surface area contributed by atoms with Gasteiger partial charge in [0.1, 0.15) is 11.1 Å². The molecule has 1 heterocycles. The van der Waals surface area contributed by atoms with Crippen molar-refractivity contribution >= 4 is 17.2 Å². The van der Waals surface area contributed by atoms with E-state index in [-0.39, 0.29) is 6.10 Å². The Hall–Kier alpha value is -1.16. The molecule has 0 radical (unpaired) electrons. The summed E-state index contributed by atoms with van der Waals surface area (Å²) in [6.45, 7) is 6.24. The van der Waals surface area contributed by atoms with Gasteiger partial charge in [0.25, 0.3) is 0 Å². The van der Waals surface area contributed by atoms with E-state index in [4.69, 9.17) is 22.7 Å². The maximum atomic E-state index is 6.10. The molecule has 1 aliphatic rings. The molecule has 2 unspecified atom stereocenters. The Kier molecular flexibility index (Phi) is 4.40. The van der Waals surface area contributed by atoms with Crippen molar-refractivity contribution in [1.29, 1.82) is 0 Å². The van der Waals surface area contributed by atoms with Crippen LogP contribution in [-0.2, 0) is 0 Å². The lowest BCUT2D eigenvalue weighted by molar-refractivity contribution is 0.123. The number of thiocarbonyl (C=S) groups is 1. The van der Waals surface area contributed by atoms with Crippen LogP contribution in [0.4, 0.5) is 0 Å². The van der Waals surface area contributed by atoms with E-state index in [0.29, 0.717) is 10.9 Å². The van der Waals surface area contributed by atoms with Gasteiger partial charge in [-0.3, -0.25) is 0 Å². The predicted molar refractivity (Wildman–Crippen MR) is 81.6 cm³/mol. The summed E-state index contributed by atoms with van der Waals surface area (Å²) in [6, 6.07) is 1.99. The van der Waals surface area contributed by atoms with Crippen LogP contribution in [0.5, 0.6) is 5.88 Å². The SMILES string of the molecule is Cc1cc(C)c(C(N)=S)c(OC2CCCC(C)C2)n1. The first-order valence-electron chi connectivity index (χ1n) is 6.92. The van der Waals surface area contributed by atoms with E-state index in [1.54, 1.807) is 0 Å². The number of rotatable bonds is 3. The lowest BCUT2D eigenvalue weighted by Gasteiger charge is -2.28. The molecule has 2 N–H and O–H groups in total. The van der Waals surface area contributed by atoms with Crippen molar-refractivity contribution in [1.82, 2.24) is 4.98 Å².